The Morgan fingerprint density at radius 3 is 1.83 bits per heavy atom. The molecule has 0 heterocycles. The molecular weight excluding hydrogens is 448 g/mol. The number of carbonyl (C=O) groups excluding carboxylic acids is 1. The molecule has 4 heteroatoms. The van der Waals surface area contributed by atoms with Crippen LogP contribution in [0.4, 0.5) is 0 Å². The summed E-state index contributed by atoms with van der Waals surface area (Å²) in [5.74, 6) is 2.51. The molecule has 0 radical (unpaired) electrons. The van der Waals surface area contributed by atoms with E-state index in [0.29, 0.717) is 24.5 Å². The van der Waals surface area contributed by atoms with Crippen LogP contribution in [0.3, 0.4) is 0 Å². The van der Waals surface area contributed by atoms with E-state index in [2.05, 4.69) is 20.4 Å². The first kappa shape index (κ1) is 29.5. The molecule has 2 rings (SSSR count). The molecular formula is C32H46O4. The van der Waals surface area contributed by atoms with Gasteiger partial charge < -0.3 is 14.2 Å². The molecule has 0 saturated carbocycles. The highest BCUT2D eigenvalue weighted by Crippen LogP contribution is 2.20. The first-order valence-electron chi connectivity index (χ1n) is 13.9. The summed E-state index contributed by atoms with van der Waals surface area (Å²) in [6.45, 7) is 9.73. The molecule has 0 aliphatic heterocycles. The van der Waals surface area contributed by atoms with E-state index in [9.17, 15) is 4.79 Å². The Hall–Kier alpha value is -2.75. The first-order valence-corrected chi connectivity index (χ1v) is 13.9. The third-order valence-corrected chi connectivity index (χ3v) is 6.50. The minimum absolute atomic E-state index is 0.381. The van der Waals surface area contributed by atoms with Crippen LogP contribution < -0.4 is 14.2 Å². The van der Waals surface area contributed by atoms with Gasteiger partial charge in [-0.05, 0) is 80.1 Å². The van der Waals surface area contributed by atoms with E-state index in [-0.39, 0.29) is 5.97 Å². The van der Waals surface area contributed by atoms with Crippen LogP contribution in [0.5, 0.6) is 17.2 Å². The molecule has 0 aromatic heterocycles. The summed E-state index contributed by atoms with van der Waals surface area (Å²) in [7, 11) is 0. The number of hydrogen-bond acceptors (Lipinski definition) is 4. The van der Waals surface area contributed by atoms with Gasteiger partial charge >= 0.3 is 5.97 Å². The van der Waals surface area contributed by atoms with Crippen LogP contribution >= 0.6 is 0 Å². The number of unbranched alkanes of at least 4 members (excludes halogenated alkanes) is 8. The molecule has 0 aliphatic carbocycles. The van der Waals surface area contributed by atoms with E-state index >= 15 is 0 Å². The highest BCUT2D eigenvalue weighted by molar-refractivity contribution is 5.91. The Morgan fingerprint density at radius 1 is 0.750 bits per heavy atom. The molecule has 2 aromatic carbocycles. The lowest BCUT2D eigenvalue weighted by Gasteiger charge is -2.10. The van der Waals surface area contributed by atoms with Crippen molar-refractivity contribution in [1.82, 2.24) is 0 Å². The van der Waals surface area contributed by atoms with Crippen molar-refractivity contribution < 1.29 is 19.0 Å². The number of carbonyl (C=O) groups is 1. The third kappa shape index (κ3) is 12.8. The van der Waals surface area contributed by atoms with Crippen molar-refractivity contribution in [2.24, 2.45) is 5.92 Å². The Balaban J connectivity index is 1.61. The standard InChI is InChI=1S/C32H46O4/c1-4-6-7-8-9-10-11-14-25-34-29-19-17-28(18-20-29)32(33)36-31-23-21-30(22-24-31)35-26-15-12-13-16-27(3)5-2/h4,17-24,27H,1,5-16,25-26H2,2-3H3. The van der Waals surface area contributed by atoms with E-state index in [1.165, 1.54) is 57.8 Å². The molecule has 1 unspecified atom stereocenters. The SMILES string of the molecule is C=CCCCCCCCCOc1ccc(C(=O)Oc2ccc(OCCCCCC(C)CC)cc2)cc1. The lowest BCUT2D eigenvalue weighted by atomic mass is 10.0. The summed E-state index contributed by atoms with van der Waals surface area (Å²) in [5, 5.41) is 0. The maximum absolute atomic E-state index is 12.5. The lowest BCUT2D eigenvalue weighted by Crippen LogP contribution is -2.08. The zero-order valence-corrected chi connectivity index (χ0v) is 22.5. The molecule has 0 amide bonds. The summed E-state index contributed by atoms with van der Waals surface area (Å²) in [5.41, 5.74) is 0.500. The van der Waals surface area contributed by atoms with E-state index < -0.39 is 0 Å². The lowest BCUT2D eigenvalue weighted by molar-refractivity contribution is 0.0734. The van der Waals surface area contributed by atoms with Crippen molar-refractivity contribution in [3.63, 3.8) is 0 Å². The monoisotopic (exact) mass is 494 g/mol. The van der Waals surface area contributed by atoms with Gasteiger partial charge in [0.05, 0.1) is 18.8 Å². The fourth-order valence-electron chi connectivity index (χ4n) is 3.91. The summed E-state index contributed by atoms with van der Waals surface area (Å²) < 4.78 is 17.1. The van der Waals surface area contributed by atoms with Crippen molar-refractivity contribution in [3.8, 4) is 17.2 Å². The first-order chi connectivity index (χ1) is 17.6. The number of esters is 1. The molecule has 0 fully saturated rings. The number of ether oxygens (including phenoxy) is 3. The summed E-state index contributed by atoms with van der Waals surface area (Å²) in [6, 6.07) is 14.4. The Labute approximate surface area is 219 Å². The zero-order chi connectivity index (χ0) is 25.8. The van der Waals surface area contributed by atoms with Crippen molar-refractivity contribution in [1.29, 1.82) is 0 Å². The Morgan fingerprint density at radius 2 is 1.25 bits per heavy atom. The average molecular weight is 495 g/mol. The van der Waals surface area contributed by atoms with Crippen molar-refractivity contribution in [2.75, 3.05) is 13.2 Å². The van der Waals surface area contributed by atoms with E-state index in [0.717, 1.165) is 36.7 Å². The summed E-state index contributed by atoms with van der Waals surface area (Å²) >= 11 is 0. The average Bonchev–Trinajstić information content (AvgIpc) is 2.90. The topological polar surface area (TPSA) is 44.8 Å². The minimum atomic E-state index is -0.381. The predicted octanol–water partition coefficient (Wildman–Crippen LogP) is 9.19. The minimum Gasteiger partial charge on any atom is -0.494 e. The van der Waals surface area contributed by atoms with Crippen LogP contribution in [0.25, 0.3) is 0 Å². The van der Waals surface area contributed by atoms with Gasteiger partial charge in [0.25, 0.3) is 0 Å². The van der Waals surface area contributed by atoms with E-state index in [1.807, 2.05) is 30.3 Å². The number of allylic oxidation sites excluding steroid dienone is 1. The van der Waals surface area contributed by atoms with Crippen LogP contribution in [-0.4, -0.2) is 19.2 Å². The van der Waals surface area contributed by atoms with Gasteiger partial charge in [0.15, 0.2) is 0 Å². The van der Waals surface area contributed by atoms with Gasteiger partial charge in [0.1, 0.15) is 17.2 Å². The van der Waals surface area contributed by atoms with Gasteiger partial charge in [0, 0.05) is 0 Å². The van der Waals surface area contributed by atoms with Crippen molar-refractivity contribution >= 4 is 5.97 Å². The second-order valence-electron chi connectivity index (χ2n) is 9.64. The van der Waals surface area contributed by atoms with Crippen molar-refractivity contribution in [2.45, 2.75) is 90.9 Å². The molecule has 1 atom stereocenters. The number of hydrogen-bond donors (Lipinski definition) is 0. The van der Waals surface area contributed by atoms with Gasteiger partial charge in [0.2, 0.25) is 0 Å². The fraction of sp³-hybridized carbons (Fsp3) is 0.531. The highest BCUT2D eigenvalue weighted by Gasteiger charge is 2.09. The van der Waals surface area contributed by atoms with Gasteiger partial charge in [-0.25, -0.2) is 4.79 Å². The van der Waals surface area contributed by atoms with Gasteiger partial charge in [-0.3, -0.25) is 0 Å². The molecule has 4 nitrogen and oxygen atoms in total. The van der Waals surface area contributed by atoms with Gasteiger partial charge in [-0.15, -0.1) is 6.58 Å². The molecule has 0 aliphatic rings. The molecule has 0 bridgehead atoms. The maximum Gasteiger partial charge on any atom is 0.343 e. The molecule has 198 valence electrons. The Bertz CT molecular complexity index is 841. The zero-order valence-electron chi connectivity index (χ0n) is 22.5. The maximum atomic E-state index is 12.5. The smallest absolute Gasteiger partial charge is 0.343 e. The highest BCUT2D eigenvalue weighted by atomic mass is 16.5. The van der Waals surface area contributed by atoms with Gasteiger partial charge in [-0.2, -0.15) is 0 Å². The van der Waals surface area contributed by atoms with Crippen molar-refractivity contribution in [3.05, 3.63) is 66.7 Å². The fourth-order valence-corrected chi connectivity index (χ4v) is 3.91. The van der Waals surface area contributed by atoms with Crippen LogP contribution in [0.15, 0.2) is 61.2 Å². The van der Waals surface area contributed by atoms with Crippen LogP contribution in [-0.2, 0) is 0 Å². The summed E-state index contributed by atoms with van der Waals surface area (Å²) in [4.78, 5) is 12.5. The number of rotatable bonds is 20. The van der Waals surface area contributed by atoms with Gasteiger partial charge in [-0.1, -0.05) is 71.3 Å². The second kappa shape index (κ2) is 18.5. The molecule has 0 saturated heterocycles. The van der Waals surface area contributed by atoms with Crippen LogP contribution in [0, 0.1) is 5.92 Å². The third-order valence-electron chi connectivity index (χ3n) is 6.50. The second-order valence-corrected chi connectivity index (χ2v) is 9.64. The molecule has 36 heavy (non-hydrogen) atoms. The largest absolute Gasteiger partial charge is 0.494 e. The quantitative estimate of drug-likeness (QED) is 0.0796. The Kier molecular flexibility index (Phi) is 15.2. The van der Waals surface area contributed by atoms with Crippen LogP contribution in [0.2, 0.25) is 0 Å². The molecule has 0 spiro atoms. The summed E-state index contributed by atoms with van der Waals surface area (Å²) in [6.07, 6.45) is 16.4. The normalized spacial score (nSPS) is 11.6. The number of benzene rings is 2. The van der Waals surface area contributed by atoms with Crippen LogP contribution in [0.1, 0.15) is 101 Å². The van der Waals surface area contributed by atoms with E-state index in [4.69, 9.17) is 14.2 Å². The molecule has 2 aromatic rings. The molecule has 0 N–H and O–H groups in total. The predicted molar refractivity (Wildman–Crippen MR) is 149 cm³/mol. The van der Waals surface area contributed by atoms with E-state index in [1.54, 1.807) is 24.3 Å².